The van der Waals surface area contributed by atoms with Crippen LogP contribution in [0.4, 0.5) is 0 Å². The topological polar surface area (TPSA) is 53.5 Å². The Labute approximate surface area is 125 Å². The molecule has 1 saturated carbocycles. The molecule has 0 N–H and O–H groups in total. The zero-order valence-corrected chi connectivity index (χ0v) is 12.3. The van der Waals surface area contributed by atoms with Gasteiger partial charge >= 0.3 is 0 Å². The summed E-state index contributed by atoms with van der Waals surface area (Å²) in [6.45, 7) is 1.13. The summed E-state index contributed by atoms with van der Waals surface area (Å²) in [7, 11) is 1.65. The van der Waals surface area contributed by atoms with E-state index in [1.165, 1.54) is 12.8 Å². The van der Waals surface area contributed by atoms with Gasteiger partial charge in [-0.1, -0.05) is 5.92 Å². The van der Waals surface area contributed by atoms with Crippen LogP contribution in [-0.4, -0.2) is 36.6 Å². The lowest BCUT2D eigenvalue weighted by Gasteiger charge is -2.21. The predicted molar refractivity (Wildman–Crippen MR) is 77.0 cm³/mol. The number of methoxy groups -OCH3 is 1. The van der Waals surface area contributed by atoms with E-state index in [9.17, 15) is 0 Å². The largest absolute Gasteiger partial charge is 0.493 e. The molecule has 0 radical (unpaired) electrons. The molecule has 5 nitrogen and oxygen atoms in total. The highest BCUT2D eigenvalue weighted by Crippen LogP contribution is 2.42. The van der Waals surface area contributed by atoms with Crippen LogP contribution >= 0.6 is 0 Å². The second kappa shape index (κ2) is 6.88. The van der Waals surface area contributed by atoms with Crippen LogP contribution in [0, 0.1) is 11.8 Å². The molecule has 0 spiro atoms. The van der Waals surface area contributed by atoms with Gasteiger partial charge in [0, 0.05) is 12.5 Å². The van der Waals surface area contributed by atoms with Crippen molar-refractivity contribution in [3.63, 3.8) is 0 Å². The van der Waals surface area contributed by atoms with Gasteiger partial charge in [-0.25, -0.2) is 9.97 Å². The minimum Gasteiger partial charge on any atom is -0.493 e. The Bertz CT molecular complexity index is 540. The minimum atomic E-state index is -0.105. The van der Waals surface area contributed by atoms with Gasteiger partial charge in [-0.3, -0.25) is 0 Å². The second-order valence-electron chi connectivity index (χ2n) is 5.33. The van der Waals surface area contributed by atoms with E-state index in [1.54, 1.807) is 13.3 Å². The molecule has 0 bridgehead atoms. The van der Waals surface area contributed by atoms with Crippen molar-refractivity contribution >= 4 is 0 Å². The van der Waals surface area contributed by atoms with Crippen LogP contribution < -0.4 is 4.74 Å². The average molecular weight is 288 g/mol. The molecule has 0 aromatic carbocycles. The molecule has 3 rings (SSSR count). The van der Waals surface area contributed by atoms with Crippen molar-refractivity contribution in [2.24, 2.45) is 0 Å². The molecule has 1 unspecified atom stereocenters. The maximum Gasteiger partial charge on any atom is 0.205 e. The van der Waals surface area contributed by atoms with E-state index >= 15 is 0 Å². The van der Waals surface area contributed by atoms with E-state index in [2.05, 4.69) is 21.8 Å². The first-order valence-corrected chi connectivity index (χ1v) is 7.50. The first-order chi connectivity index (χ1) is 10.4. The van der Waals surface area contributed by atoms with Crippen LogP contribution in [0.2, 0.25) is 0 Å². The summed E-state index contributed by atoms with van der Waals surface area (Å²) < 4.78 is 16.3. The van der Waals surface area contributed by atoms with Crippen molar-refractivity contribution in [2.45, 2.75) is 44.3 Å². The number of nitrogens with zero attached hydrogens (tertiary/aromatic N) is 2. The van der Waals surface area contributed by atoms with Gasteiger partial charge in [0.15, 0.2) is 12.0 Å². The molecule has 5 heteroatoms. The Morgan fingerprint density at radius 3 is 2.95 bits per heavy atom. The maximum atomic E-state index is 5.56. The Morgan fingerprint density at radius 2 is 2.24 bits per heavy atom. The van der Waals surface area contributed by atoms with E-state index in [1.807, 2.05) is 0 Å². The number of hydrogen-bond donors (Lipinski definition) is 0. The fourth-order valence-electron chi connectivity index (χ4n) is 2.34. The molecule has 1 aliphatic carbocycles. The zero-order valence-electron chi connectivity index (χ0n) is 12.3. The third-order valence-electron chi connectivity index (χ3n) is 3.65. The predicted octanol–water partition coefficient (Wildman–Crippen LogP) is 2.26. The first kappa shape index (κ1) is 14.3. The monoisotopic (exact) mass is 288 g/mol. The van der Waals surface area contributed by atoms with Crippen LogP contribution in [-0.2, 0) is 9.47 Å². The molecule has 112 valence electrons. The van der Waals surface area contributed by atoms with Crippen molar-refractivity contribution in [2.75, 3.05) is 20.3 Å². The Morgan fingerprint density at radius 1 is 1.33 bits per heavy atom. The van der Waals surface area contributed by atoms with Crippen LogP contribution in [0.1, 0.15) is 49.5 Å². The summed E-state index contributed by atoms with van der Waals surface area (Å²) in [5, 5.41) is 0. The summed E-state index contributed by atoms with van der Waals surface area (Å²) in [5.41, 5.74) is 0.980. The van der Waals surface area contributed by atoms with E-state index in [-0.39, 0.29) is 6.29 Å². The van der Waals surface area contributed by atoms with Crippen molar-refractivity contribution in [1.82, 2.24) is 9.97 Å². The molecule has 1 aliphatic heterocycles. The van der Waals surface area contributed by atoms with Crippen LogP contribution in [0.25, 0.3) is 0 Å². The van der Waals surface area contributed by atoms with Gasteiger partial charge in [0.1, 0.15) is 6.61 Å². The normalized spacial score (nSPS) is 21.5. The SMILES string of the molecule is COc1cnc(C#CCOC2CCCCO2)nc1C1CC1. The summed E-state index contributed by atoms with van der Waals surface area (Å²) in [6, 6.07) is 0. The Balaban J connectivity index is 1.57. The van der Waals surface area contributed by atoms with Crippen molar-refractivity contribution in [1.29, 1.82) is 0 Å². The lowest BCUT2D eigenvalue weighted by Crippen LogP contribution is -2.22. The third-order valence-corrected chi connectivity index (χ3v) is 3.65. The fraction of sp³-hybridized carbons (Fsp3) is 0.625. The van der Waals surface area contributed by atoms with Crippen molar-refractivity contribution in [3.05, 3.63) is 17.7 Å². The quantitative estimate of drug-likeness (QED) is 0.795. The van der Waals surface area contributed by atoms with Gasteiger partial charge < -0.3 is 14.2 Å². The summed E-state index contributed by atoms with van der Waals surface area (Å²) in [6.07, 6.45) is 7.17. The molecule has 2 aliphatic rings. The molecule has 21 heavy (non-hydrogen) atoms. The molecule has 1 aromatic heterocycles. The van der Waals surface area contributed by atoms with E-state index < -0.39 is 0 Å². The highest BCUT2D eigenvalue weighted by atomic mass is 16.7. The van der Waals surface area contributed by atoms with Gasteiger partial charge in [0.05, 0.1) is 19.0 Å². The number of hydrogen-bond acceptors (Lipinski definition) is 5. The number of aromatic nitrogens is 2. The lowest BCUT2D eigenvalue weighted by atomic mass is 10.2. The lowest BCUT2D eigenvalue weighted by molar-refractivity contribution is -0.154. The van der Waals surface area contributed by atoms with Gasteiger partial charge in [0.2, 0.25) is 5.82 Å². The van der Waals surface area contributed by atoms with Crippen molar-refractivity contribution in [3.8, 4) is 17.6 Å². The molecule has 2 heterocycles. The van der Waals surface area contributed by atoms with E-state index in [4.69, 9.17) is 14.2 Å². The molecule has 1 saturated heterocycles. The standard InChI is InChI=1S/C16H20N2O3/c1-19-13-11-17-14(18-16(13)12-7-8-12)5-4-10-21-15-6-2-3-9-20-15/h11-12,15H,2-3,6-10H2,1H3. The van der Waals surface area contributed by atoms with Crippen molar-refractivity contribution < 1.29 is 14.2 Å². The number of ether oxygens (including phenoxy) is 3. The second-order valence-corrected chi connectivity index (χ2v) is 5.33. The summed E-state index contributed by atoms with van der Waals surface area (Å²) in [5.74, 6) is 7.71. The molecule has 2 fully saturated rings. The first-order valence-electron chi connectivity index (χ1n) is 7.50. The fourth-order valence-corrected chi connectivity index (χ4v) is 2.34. The average Bonchev–Trinajstić information content (AvgIpc) is 3.37. The highest BCUT2D eigenvalue weighted by Gasteiger charge is 2.28. The van der Waals surface area contributed by atoms with E-state index in [0.29, 0.717) is 18.3 Å². The Kier molecular flexibility index (Phi) is 4.69. The zero-order chi connectivity index (χ0) is 14.5. The van der Waals surface area contributed by atoms with Gasteiger partial charge in [-0.05, 0) is 38.0 Å². The maximum absolute atomic E-state index is 5.56. The molecular formula is C16H20N2O3. The Hall–Kier alpha value is -1.64. The van der Waals surface area contributed by atoms with Gasteiger partial charge in [-0.2, -0.15) is 0 Å². The van der Waals surface area contributed by atoms with Gasteiger partial charge in [0.25, 0.3) is 0 Å². The minimum absolute atomic E-state index is 0.105. The molecule has 1 aromatic rings. The van der Waals surface area contributed by atoms with Gasteiger partial charge in [-0.15, -0.1) is 0 Å². The van der Waals surface area contributed by atoms with Crippen LogP contribution in [0.3, 0.4) is 0 Å². The third kappa shape index (κ3) is 3.93. The van der Waals surface area contributed by atoms with E-state index in [0.717, 1.165) is 37.3 Å². The number of rotatable bonds is 4. The summed E-state index contributed by atoms with van der Waals surface area (Å²) >= 11 is 0. The molecule has 1 atom stereocenters. The summed E-state index contributed by atoms with van der Waals surface area (Å²) in [4.78, 5) is 8.70. The molecule has 0 amide bonds. The molecular weight excluding hydrogens is 268 g/mol. The highest BCUT2D eigenvalue weighted by molar-refractivity contribution is 5.34. The van der Waals surface area contributed by atoms with Crippen LogP contribution in [0.15, 0.2) is 6.20 Å². The smallest absolute Gasteiger partial charge is 0.205 e. The van der Waals surface area contributed by atoms with Crippen LogP contribution in [0.5, 0.6) is 5.75 Å².